The summed E-state index contributed by atoms with van der Waals surface area (Å²) in [5, 5.41) is 6.59. The minimum absolute atomic E-state index is 0.346. The van der Waals surface area contributed by atoms with E-state index in [1.54, 1.807) is 18.3 Å². The van der Waals surface area contributed by atoms with Crippen LogP contribution in [0.25, 0.3) is 0 Å². The summed E-state index contributed by atoms with van der Waals surface area (Å²) in [6, 6.07) is 9.36. The number of benzene rings is 1. The van der Waals surface area contributed by atoms with Gasteiger partial charge in [0.1, 0.15) is 5.82 Å². The van der Waals surface area contributed by atoms with E-state index in [2.05, 4.69) is 25.3 Å². The van der Waals surface area contributed by atoms with Gasteiger partial charge < -0.3 is 15.4 Å². The van der Waals surface area contributed by atoms with Crippen molar-refractivity contribution in [3.8, 4) is 0 Å². The summed E-state index contributed by atoms with van der Waals surface area (Å²) in [6.07, 6.45) is 6.62. The predicted molar refractivity (Wildman–Crippen MR) is 89.0 cm³/mol. The topological polar surface area (TPSA) is 76.1 Å². The van der Waals surface area contributed by atoms with E-state index in [0.717, 1.165) is 5.69 Å². The highest BCUT2D eigenvalue weighted by Crippen LogP contribution is 2.22. The van der Waals surface area contributed by atoms with E-state index in [1.165, 1.54) is 32.8 Å². The minimum atomic E-state index is -0.346. The number of ether oxygens (including phenoxy) is 1. The molecule has 1 aliphatic carbocycles. The Bertz CT molecular complexity index is 667. The van der Waals surface area contributed by atoms with Crippen LogP contribution in [0, 0.1) is 0 Å². The summed E-state index contributed by atoms with van der Waals surface area (Å²) in [7, 11) is 1.37. The molecule has 6 nitrogen and oxygen atoms in total. The normalized spacial score (nSPS) is 14.5. The average Bonchev–Trinajstić information content (AvgIpc) is 3.08. The van der Waals surface area contributed by atoms with Gasteiger partial charge in [-0.3, -0.25) is 0 Å². The number of anilines is 3. The van der Waals surface area contributed by atoms with E-state index in [9.17, 15) is 4.79 Å². The van der Waals surface area contributed by atoms with Crippen LogP contribution >= 0.6 is 0 Å². The zero-order valence-corrected chi connectivity index (χ0v) is 13.1. The van der Waals surface area contributed by atoms with E-state index < -0.39 is 0 Å². The first-order valence-corrected chi connectivity index (χ1v) is 7.79. The average molecular weight is 312 g/mol. The number of rotatable bonds is 5. The van der Waals surface area contributed by atoms with Crippen LogP contribution < -0.4 is 10.6 Å². The van der Waals surface area contributed by atoms with Crippen molar-refractivity contribution in [2.45, 2.75) is 31.7 Å². The molecule has 0 radical (unpaired) electrons. The van der Waals surface area contributed by atoms with Crippen LogP contribution in [0.4, 0.5) is 17.5 Å². The van der Waals surface area contributed by atoms with E-state index in [4.69, 9.17) is 0 Å². The Hall–Kier alpha value is -2.63. The smallest absolute Gasteiger partial charge is 0.337 e. The Balaban J connectivity index is 1.66. The second-order valence-electron chi connectivity index (χ2n) is 5.59. The van der Waals surface area contributed by atoms with Crippen LogP contribution in [0.15, 0.2) is 36.5 Å². The SMILES string of the molecule is COC(=O)c1ccc(Nc2ccnc(NC3CCCC3)n2)cc1. The molecule has 23 heavy (non-hydrogen) atoms. The lowest BCUT2D eigenvalue weighted by Gasteiger charge is -2.12. The Labute approximate surface area is 135 Å². The first-order chi connectivity index (χ1) is 11.2. The predicted octanol–water partition coefficient (Wildman–Crippen LogP) is 3.36. The van der Waals surface area contributed by atoms with Gasteiger partial charge in [0.2, 0.25) is 5.95 Å². The first-order valence-electron chi connectivity index (χ1n) is 7.79. The van der Waals surface area contributed by atoms with Gasteiger partial charge in [-0.1, -0.05) is 12.8 Å². The van der Waals surface area contributed by atoms with Gasteiger partial charge in [0, 0.05) is 17.9 Å². The molecule has 1 saturated carbocycles. The lowest BCUT2D eigenvalue weighted by molar-refractivity contribution is 0.0601. The zero-order valence-electron chi connectivity index (χ0n) is 13.1. The largest absolute Gasteiger partial charge is 0.465 e. The van der Waals surface area contributed by atoms with E-state index in [1.807, 2.05) is 18.2 Å². The summed E-state index contributed by atoms with van der Waals surface area (Å²) < 4.78 is 4.69. The Kier molecular flexibility index (Phi) is 4.71. The molecule has 1 aromatic carbocycles. The third-order valence-electron chi connectivity index (χ3n) is 3.92. The summed E-state index contributed by atoms with van der Waals surface area (Å²) in [6.45, 7) is 0. The van der Waals surface area contributed by atoms with Crippen molar-refractivity contribution in [1.82, 2.24) is 9.97 Å². The maximum Gasteiger partial charge on any atom is 0.337 e. The standard InChI is InChI=1S/C17H20N4O2/c1-23-16(22)12-6-8-14(9-7-12)19-15-10-11-18-17(21-15)20-13-4-2-3-5-13/h6-11,13H,2-5H2,1H3,(H2,18,19,20,21). The molecule has 0 bridgehead atoms. The molecule has 0 unspecified atom stereocenters. The molecule has 1 fully saturated rings. The Morgan fingerprint density at radius 2 is 1.91 bits per heavy atom. The molecule has 3 rings (SSSR count). The molecular weight excluding hydrogens is 292 g/mol. The third-order valence-corrected chi connectivity index (χ3v) is 3.92. The van der Waals surface area contributed by atoms with Crippen molar-refractivity contribution in [2.24, 2.45) is 0 Å². The molecule has 0 aliphatic heterocycles. The fraction of sp³-hybridized carbons (Fsp3) is 0.353. The molecule has 0 atom stereocenters. The van der Waals surface area contributed by atoms with E-state index >= 15 is 0 Å². The summed E-state index contributed by atoms with van der Waals surface area (Å²) in [5.41, 5.74) is 1.37. The second kappa shape index (κ2) is 7.09. The van der Waals surface area contributed by atoms with Gasteiger partial charge in [0.05, 0.1) is 12.7 Å². The highest BCUT2D eigenvalue weighted by atomic mass is 16.5. The lowest BCUT2D eigenvalue weighted by atomic mass is 10.2. The van der Waals surface area contributed by atoms with Gasteiger partial charge >= 0.3 is 5.97 Å². The fourth-order valence-corrected chi connectivity index (χ4v) is 2.71. The molecule has 2 aromatic rings. The maximum atomic E-state index is 11.4. The molecule has 0 saturated heterocycles. The first kappa shape index (κ1) is 15.3. The molecule has 0 spiro atoms. The number of nitrogens with zero attached hydrogens (tertiary/aromatic N) is 2. The molecular formula is C17H20N4O2. The van der Waals surface area contributed by atoms with E-state index in [-0.39, 0.29) is 5.97 Å². The van der Waals surface area contributed by atoms with Crippen molar-refractivity contribution in [3.63, 3.8) is 0 Å². The van der Waals surface area contributed by atoms with Crippen LogP contribution in [0.1, 0.15) is 36.0 Å². The third kappa shape index (κ3) is 3.97. The number of hydrogen-bond donors (Lipinski definition) is 2. The minimum Gasteiger partial charge on any atom is -0.465 e. The number of methoxy groups -OCH3 is 1. The van der Waals surface area contributed by atoms with Crippen molar-refractivity contribution in [3.05, 3.63) is 42.1 Å². The van der Waals surface area contributed by atoms with Crippen molar-refractivity contribution in [2.75, 3.05) is 17.7 Å². The van der Waals surface area contributed by atoms with Gasteiger partial charge in [-0.05, 0) is 43.2 Å². The van der Waals surface area contributed by atoms with E-state index in [0.29, 0.717) is 23.4 Å². The highest BCUT2D eigenvalue weighted by molar-refractivity contribution is 5.89. The second-order valence-corrected chi connectivity index (χ2v) is 5.59. The van der Waals surface area contributed by atoms with Crippen molar-refractivity contribution < 1.29 is 9.53 Å². The van der Waals surface area contributed by atoms with Crippen LogP contribution in [0.2, 0.25) is 0 Å². The van der Waals surface area contributed by atoms with Gasteiger partial charge in [0.25, 0.3) is 0 Å². The zero-order chi connectivity index (χ0) is 16.1. The molecule has 2 N–H and O–H groups in total. The molecule has 1 aromatic heterocycles. The lowest BCUT2D eigenvalue weighted by Crippen LogP contribution is -2.16. The Morgan fingerprint density at radius 3 is 2.61 bits per heavy atom. The van der Waals surface area contributed by atoms with Gasteiger partial charge in [0.15, 0.2) is 0 Å². The molecule has 1 heterocycles. The van der Waals surface area contributed by atoms with Gasteiger partial charge in [-0.15, -0.1) is 0 Å². The summed E-state index contributed by atoms with van der Waals surface area (Å²) >= 11 is 0. The van der Waals surface area contributed by atoms with Crippen LogP contribution in [-0.2, 0) is 4.74 Å². The molecule has 120 valence electrons. The molecule has 6 heteroatoms. The van der Waals surface area contributed by atoms with Crippen LogP contribution in [0.5, 0.6) is 0 Å². The molecule has 1 aliphatic rings. The summed E-state index contributed by atoms with van der Waals surface area (Å²) in [5.74, 6) is 1.01. The summed E-state index contributed by atoms with van der Waals surface area (Å²) in [4.78, 5) is 20.2. The Morgan fingerprint density at radius 1 is 1.17 bits per heavy atom. The number of carbonyl (C=O) groups excluding carboxylic acids is 1. The number of carbonyl (C=O) groups is 1. The molecule has 0 amide bonds. The van der Waals surface area contributed by atoms with Crippen molar-refractivity contribution in [1.29, 1.82) is 0 Å². The van der Waals surface area contributed by atoms with Gasteiger partial charge in [-0.25, -0.2) is 9.78 Å². The highest BCUT2D eigenvalue weighted by Gasteiger charge is 2.15. The fourth-order valence-electron chi connectivity index (χ4n) is 2.71. The number of aromatic nitrogens is 2. The maximum absolute atomic E-state index is 11.4. The number of hydrogen-bond acceptors (Lipinski definition) is 6. The monoisotopic (exact) mass is 312 g/mol. The number of nitrogens with one attached hydrogen (secondary N) is 2. The quantitative estimate of drug-likeness (QED) is 0.825. The van der Waals surface area contributed by atoms with Gasteiger partial charge in [-0.2, -0.15) is 4.98 Å². The van der Waals surface area contributed by atoms with Crippen LogP contribution in [0.3, 0.4) is 0 Å². The van der Waals surface area contributed by atoms with Crippen molar-refractivity contribution >= 4 is 23.4 Å². The van der Waals surface area contributed by atoms with Crippen LogP contribution in [-0.4, -0.2) is 29.1 Å². The number of esters is 1.